The van der Waals surface area contributed by atoms with Gasteiger partial charge < -0.3 is 5.32 Å². The maximum Gasteiger partial charge on any atom is 0.145 e. The zero-order valence-electron chi connectivity index (χ0n) is 9.06. The fourth-order valence-corrected chi connectivity index (χ4v) is 1.99. The van der Waals surface area contributed by atoms with E-state index in [-0.39, 0.29) is 5.54 Å². The first-order chi connectivity index (χ1) is 7.17. The van der Waals surface area contributed by atoms with Gasteiger partial charge in [0.05, 0.1) is 10.6 Å². The number of anilines is 1. The fraction of sp³-hybridized carbons (Fsp3) is 0.545. The van der Waals surface area contributed by atoms with Crippen LogP contribution in [0.2, 0.25) is 5.02 Å². The Labute approximate surface area is 101 Å². The van der Waals surface area contributed by atoms with Gasteiger partial charge in [0.25, 0.3) is 0 Å². The molecule has 0 aliphatic rings. The van der Waals surface area contributed by atoms with Gasteiger partial charge in [-0.05, 0) is 25.0 Å². The maximum atomic E-state index is 6.03. The number of nitrogens with zero attached hydrogens (tertiary/aromatic N) is 1. The topological polar surface area (TPSA) is 24.9 Å². The van der Waals surface area contributed by atoms with Gasteiger partial charge in [0.2, 0.25) is 0 Å². The normalized spacial score (nSPS) is 11.5. The van der Waals surface area contributed by atoms with Crippen LogP contribution >= 0.6 is 23.2 Å². The summed E-state index contributed by atoms with van der Waals surface area (Å²) in [6.45, 7) is 4.21. The molecule has 84 valence electrons. The zero-order valence-corrected chi connectivity index (χ0v) is 10.6. The number of halogens is 2. The first-order valence-corrected chi connectivity index (χ1v) is 6.03. The summed E-state index contributed by atoms with van der Waals surface area (Å²) in [5, 5.41) is 3.97. The third kappa shape index (κ3) is 2.99. The van der Waals surface area contributed by atoms with Gasteiger partial charge >= 0.3 is 0 Å². The van der Waals surface area contributed by atoms with Crippen molar-refractivity contribution in [1.29, 1.82) is 0 Å². The molecular formula is C11H16Cl2N2. The minimum Gasteiger partial charge on any atom is -0.362 e. The lowest BCUT2D eigenvalue weighted by Crippen LogP contribution is -2.39. The van der Waals surface area contributed by atoms with E-state index in [1.807, 2.05) is 12.1 Å². The van der Waals surface area contributed by atoms with Crippen LogP contribution in [0.25, 0.3) is 0 Å². The molecule has 1 aromatic rings. The van der Waals surface area contributed by atoms with E-state index in [0.29, 0.717) is 16.7 Å². The average Bonchev–Trinajstić information content (AvgIpc) is 2.29. The summed E-state index contributed by atoms with van der Waals surface area (Å²) >= 11 is 12.0. The van der Waals surface area contributed by atoms with E-state index < -0.39 is 0 Å². The molecule has 0 fully saturated rings. The Morgan fingerprint density at radius 2 is 2.07 bits per heavy atom. The minimum atomic E-state index is -0.112. The van der Waals surface area contributed by atoms with E-state index in [4.69, 9.17) is 23.2 Å². The SMILES string of the molecule is CCC(CC)(CCl)Nc1ncccc1Cl. The van der Waals surface area contributed by atoms with Crippen LogP contribution in [0.1, 0.15) is 26.7 Å². The van der Waals surface area contributed by atoms with Gasteiger partial charge in [-0.3, -0.25) is 0 Å². The number of aromatic nitrogens is 1. The van der Waals surface area contributed by atoms with Gasteiger partial charge in [-0.2, -0.15) is 0 Å². The molecule has 0 aliphatic carbocycles. The van der Waals surface area contributed by atoms with Crippen LogP contribution in [0, 0.1) is 0 Å². The lowest BCUT2D eigenvalue weighted by molar-refractivity contribution is 0.482. The van der Waals surface area contributed by atoms with Crippen molar-refractivity contribution in [3.05, 3.63) is 23.4 Å². The summed E-state index contributed by atoms with van der Waals surface area (Å²) in [4.78, 5) is 4.21. The van der Waals surface area contributed by atoms with Gasteiger partial charge in [0.1, 0.15) is 5.82 Å². The minimum absolute atomic E-state index is 0.112. The molecule has 0 aromatic carbocycles. The number of alkyl halides is 1. The van der Waals surface area contributed by atoms with Crippen molar-refractivity contribution >= 4 is 29.0 Å². The Kier molecular flexibility index (Phi) is 4.68. The van der Waals surface area contributed by atoms with Crippen LogP contribution in [0.15, 0.2) is 18.3 Å². The molecule has 0 bridgehead atoms. The molecule has 0 saturated carbocycles. The van der Waals surface area contributed by atoms with Gasteiger partial charge in [-0.15, -0.1) is 11.6 Å². The molecule has 0 spiro atoms. The van der Waals surface area contributed by atoms with Crippen LogP contribution in [0.5, 0.6) is 0 Å². The lowest BCUT2D eigenvalue weighted by Gasteiger charge is -2.31. The van der Waals surface area contributed by atoms with E-state index in [9.17, 15) is 0 Å². The largest absolute Gasteiger partial charge is 0.362 e. The molecule has 1 aromatic heterocycles. The predicted molar refractivity (Wildman–Crippen MR) is 66.9 cm³/mol. The molecule has 0 atom stereocenters. The molecule has 1 N–H and O–H groups in total. The van der Waals surface area contributed by atoms with Crippen molar-refractivity contribution in [3.8, 4) is 0 Å². The average molecular weight is 247 g/mol. The fourth-order valence-electron chi connectivity index (χ4n) is 1.38. The van der Waals surface area contributed by atoms with E-state index >= 15 is 0 Å². The van der Waals surface area contributed by atoms with Crippen molar-refractivity contribution in [2.45, 2.75) is 32.2 Å². The van der Waals surface area contributed by atoms with Crippen molar-refractivity contribution in [3.63, 3.8) is 0 Å². The van der Waals surface area contributed by atoms with Crippen molar-refractivity contribution < 1.29 is 0 Å². The lowest BCUT2D eigenvalue weighted by atomic mass is 9.95. The molecule has 0 amide bonds. The Balaban J connectivity index is 2.88. The highest BCUT2D eigenvalue weighted by molar-refractivity contribution is 6.32. The van der Waals surface area contributed by atoms with E-state index in [1.165, 1.54) is 0 Å². The summed E-state index contributed by atoms with van der Waals surface area (Å²) in [5.74, 6) is 1.26. The monoisotopic (exact) mass is 246 g/mol. The first kappa shape index (κ1) is 12.6. The van der Waals surface area contributed by atoms with Crippen molar-refractivity contribution in [1.82, 2.24) is 4.98 Å². The van der Waals surface area contributed by atoms with Crippen LogP contribution in [0.4, 0.5) is 5.82 Å². The third-order valence-corrected chi connectivity index (χ3v) is 3.57. The maximum absolute atomic E-state index is 6.03. The molecule has 0 aliphatic heterocycles. The standard InChI is InChI=1S/C11H16Cl2N2/c1-3-11(4-2,8-12)15-10-9(13)6-5-7-14-10/h5-7H,3-4,8H2,1-2H3,(H,14,15). The van der Waals surface area contributed by atoms with E-state index in [2.05, 4.69) is 24.1 Å². The Morgan fingerprint density at radius 1 is 1.40 bits per heavy atom. The van der Waals surface area contributed by atoms with Gasteiger partial charge in [-0.25, -0.2) is 4.98 Å². The molecule has 1 heterocycles. The van der Waals surface area contributed by atoms with Crippen LogP contribution in [0.3, 0.4) is 0 Å². The summed E-state index contributed by atoms with van der Waals surface area (Å²) in [6.07, 6.45) is 3.61. The second-order valence-corrected chi connectivity index (χ2v) is 4.25. The first-order valence-electron chi connectivity index (χ1n) is 5.12. The summed E-state index contributed by atoms with van der Waals surface area (Å²) in [6, 6.07) is 3.63. The quantitative estimate of drug-likeness (QED) is 0.797. The second kappa shape index (κ2) is 5.57. The molecule has 0 radical (unpaired) electrons. The molecule has 0 saturated heterocycles. The van der Waals surface area contributed by atoms with Gasteiger partial charge in [-0.1, -0.05) is 25.4 Å². The van der Waals surface area contributed by atoms with Gasteiger partial charge in [0.15, 0.2) is 0 Å². The molecule has 1 rings (SSSR count). The van der Waals surface area contributed by atoms with E-state index in [0.717, 1.165) is 12.8 Å². The number of hydrogen-bond donors (Lipinski definition) is 1. The highest BCUT2D eigenvalue weighted by atomic mass is 35.5. The summed E-state index contributed by atoms with van der Waals surface area (Å²) in [7, 11) is 0. The third-order valence-electron chi connectivity index (χ3n) is 2.75. The Morgan fingerprint density at radius 3 is 2.53 bits per heavy atom. The molecule has 0 unspecified atom stereocenters. The second-order valence-electron chi connectivity index (χ2n) is 3.58. The Hall–Kier alpha value is -0.470. The van der Waals surface area contributed by atoms with Crippen molar-refractivity contribution in [2.24, 2.45) is 0 Å². The predicted octanol–water partition coefficient (Wildman–Crippen LogP) is 3.94. The number of pyridine rings is 1. The molecule has 15 heavy (non-hydrogen) atoms. The number of rotatable bonds is 5. The van der Waals surface area contributed by atoms with Crippen LogP contribution in [-0.4, -0.2) is 16.4 Å². The van der Waals surface area contributed by atoms with Crippen LogP contribution in [-0.2, 0) is 0 Å². The van der Waals surface area contributed by atoms with Crippen LogP contribution < -0.4 is 5.32 Å². The summed E-state index contributed by atoms with van der Waals surface area (Å²) in [5.41, 5.74) is -0.112. The molecule has 2 nitrogen and oxygen atoms in total. The van der Waals surface area contributed by atoms with E-state index in [1.54, 1.807) is 6.20 Å². The number of hydrogen-bond acceptors (Lipinski definition) is 2. The molecular weight excluding hydrogens is 231 g/mol. The van der Waals surface area contributed by atoms with Crippen molar-refractivity contribution in [2.75, 3.05) is 11.2 Å². The zero-order chi connectivity index (χ0) is 11.3. The highest BCUT2D eigenvalue weighted by Gasteiger charge is 2.25. The Bertz CT molecular complexity index is 303. The highest BCUT2D eigenvalue weighted by Crippen LogP contribution is 2.26. The number of nitrogens with one attached hydrogen (secondary N) is 1. The van der Waals surface area contributed by atoms with Gasteiger partial charge in [0, 0.05) is 12.1 Å². The molecule has 4 heteroatoms. The summed E-state index contributed by atoms with van der Waals surface area (Å²) < 4.78 is 0. The smallest absolute Gasteiger partial charge is 0.145 e.